The second-order valence-electron chi connectivity index (χ2n) is 6.06. The van der Waals surface area contributed by atoms with Crippen molar-refractivity contribution < 1.29 is 5.11 Å². The second kappa shape index (κ2) is 5.56. The molecule has 0 saturated heterocycles. The molecule has 2 aromatic carbocycles. The average molecular weight is 331 g/mol. The van der Waals surface area contributed by atoms with Crippen LogP contribution in [0, 0.1) is 6.92 Å². The Labute approximate surface area is 144 Å². The van der Waals surface area contributed by atoms with Crippen LogP contribution in [0.1, 0.15) is 5.56 Å². The lowest BCUT2D eigenvalue weighted by Crippen LogP contribution is -2.10. The zero-order chi connectivity index (χ0) is 17.6. The molecule has 0 aliphatic carbocycles. The van der Waals surface area contributed by atoms with Gasteiger partial charge in [-0.2, -0.15) is 0 Å². The number of nitrogens with one attached hydrogen (secondary N) is 1. The number of hydrogen-bond acceptors (Lipinski definition) is 3. The minimum Gasteiger partial charge on any atom is -0.503 e. The zero-order valence-electron chi connectivity index (χ0n) is 13.7. The number of nitrogens with two attached hydrogens (primary N) is 1. The minimum atomic E-state index is -0.488. The molecule has 124 valence electrons. The molecule has 5 heteroatoms. The lowest BCUT2D eigenvalue weighted by atomic mass is 9.97. The van der Waals surface area contributed by atoms with Crippen molar-refractivity contribution >= 4 is 16.7 Å². The van der Waals surface area contributed by atoms with Crippen molar-refractivity contribution in [3.05, 3.63) is 76.7 Å². The van der Waals surface area contributed by atoms with Crippen molar-refractivity contribution in [1.29, 1.82) is 0 Å². The van der Waals surface area contributed by atoms with E-state index < -0.39 is 5.43 Å². The number of hydrogen-bond donors (Lipinski definition) is 3. The first-order chi connectivity index (χ1) is 12.0. The maximum Gasteiger partial charge on any atom is 0.225 e. The fraction of sp³-hybridized carbons (Fsp3) is 0.0500. The van der Waals surface area contributed by atoms with Gasteiger partial charge < -0.3 is 15.8 Å². The minimum absolute atomic E-state index is 0.275. The van der Waals surface area contributed by atoms with Crippen LogP contribution in [0.5, 0.6) is 5.75 Å². The topological polar surface area (TPSA) is 84.0 Å². The van der Waals surface area contributed by atoms with E-state index in [1.807, 2.05) is 36.5 Å². The standard InChI is InChI=1S/C20H17N3O2/c1-12-5-6-13(23-11-19(25)18(24)10-20(23)21)9-16(12)14-3-2-4-17-15(14)7-8-22-17/h2-11,22,25H,21H2,1H3. The number of pyridine rings is 1. The highest BCUT2D eigenvalue weighted by Gasteiger charge is 2.11. The Morgan fingerprint density at radius 1 is 1.08 bits per heavy atom. The van der Waals surface area contributed by atoms with Crippen LogP contribution in [0.4, 0.5) is 5.82 Å². The van der Waals surface area contributed by atoms with Crippen molar-refractivity contribution in [3.8, 4) is 22.6 Å². The van der Waals surface area contributed by atoms with Gasteiger partial charge in [0.25, 0.3) is 0 Å². The van der Waals surface area contributed by atoms with E-state index in [2.05, 4.69) is 24.0 Å². The summed E-state index contributed by atoms with van der Waals surface area (Å²) in [5, 5.41) is 10.9. The van der Waals surface area contributed by atoms with E-state index in [-0.39, 0.29) is 11.6 Å². The number of fused-ring (bicyclic) bond motifs is 1. The van der Waals surface area contributed by atoms with E-state index in [4.69, 9.17) is 5.73 Å². The van der Waals surface area contributed by atoms with Gasteiger partial charge in [-0.25, -0.2) is 0 Å². The van der Waals surface area contributed by atoms with Gasteiger partial charge in [-0.3, -0.25) is 9.36 Å². The van der Waals surface area contributed by atoms with Crippen LogP contribution >= 0.6 is 0 Å². The molecule has 4 N–H and O–H groups in total. The molecule has 0 aliphatic rings. The number of nitrogen functional groups attached to an aromatic ring is 1. The van der Waals surface area contributed by atoms with Gasteiger partial charge in [0.1, 0.15) is 5.82 Å². The molecule has 0 spiro atoms. The van der Waals surface area contributed by atoms with Crippen molar-refractivity contribution in [1.82, 2.24) is 9.55 Å². The van der Waals surface area contributed by atoms with E-state index in [1.165, 1.54) is 12.3 Å². The van der Waals surface area contributed by atoms with E-state index in [0.717, 1.165) is 33.3 Å². The predicted molar refractivity (Wildman–Crippen MR) is 100 cm³/mol. The first-order valence-corrected chi connectivity index (χ1v) is 7.93. The summed E-state index contributed by atoms with van der Waals surface area (Å²) in [5.41, 5.74) is 10.6. The molecular weight excluding hydrogens is 314 g/mol. The maximum atomic E-state index is 11.5. The number of aromatic hydroxyl groups is 1. The van der Waals surface area contributed by atoms with Crippen LogP contribution in [-0.4, -0.2) is 14.7 Å². The van der Waals surface area contributed by atoms with Gasteiger partial charge in [0.15, 0.2) is 5.75 Å². The Kier molecular flexibility index (Phi) is 3.35. The van der Waals surface area contributed by atoms with Crippen molar-refractivity contribution in [2.24, 2.45) is 0 Å². The third kappa shape index (κ3) is 2.46. The summed E-state index contributed by atoms with van der Waals surface area (Å²) in [5.74, 6) is -0.0542. The van der Waals surface area contributed by atoms with Crippen LogP contribution < -0.4 is 11.2 Å². The van der Waals surface area contributed by atoms with Crippen LogP contribution in [0.15, 0.2) is 65.7 Å². The van der Waals surface area contributed by atoms with Crippen molar-refractivity contribution in [3.63, 3.8) is 0 Å². The average Bonchev–Trinajstić information content (AvgIpc) is 3.07. The molecule has 0 fully saturated rings. The summed E-state index contributed by atoms with van der Waals surface area (Å²) in [6, 6.07) is 15.3. The van der Waals surface area contributed by atoms with E-state index in [0.29, 0.717) is 0 Å². The predicted octanol–water partition coefficient (Wildman–Crippen LogP) is 3.58. The molecule has 0 atom stereocenters. The molecule has 0 aliphatic heterocycles. The van der Waals surface area contributed by atoms with Gasteiger partial charge in [0.2, 0.25) is 5.43 Å². The molecule has 4 aromatic rings. The van der Waals surface area contributed by atoms with Gasteiger partial charge in [-0.05, 0) is 47.9 Å². The molecular formula is C20H17N3O2. The summed E-state index contributed by atoms with van der Waals surface area (Å²) >= 11 is 0. The Morgan fingerprint density at radius 3 is 2.76 bits per heavy atom. The zero-order valence-corrected chi connectivity index (χ0v) is 13.7. The highest BCUT2D eigenvalue weighted by molar-refractivity contribution is 5.96. The van der Waals surface area contributed by atoms with Crippen molar-refractivity contribution in [2.75, 3.05) is 5.73 Å². The van der Waals surface area contributed by atoms with E-state index >= 15 is 0 Å². The first-order valence-electron chi connectivity index (χ1n) is 7.93. The Morgan fingerprint density at radius 2 is 1.92 bits per heavy atom. The number of anilines is 1. The SMILES string of the molecule is Cc1ccc(-n2cc(O)c(=O)cc2N)cc1-c1cccc2[nH]ccc12. The Balaban J connectivity index is 1.95. The Bertz CT molecular complexity index is 1160. The number of aryl methyl sites for hydroxylation is 1. The number of H-pyrrole nitrogens is 1. The summed E-state index contributed by atoms with van der Waals surface area (Å²) in [6.07, 6.45) is 3.27. The molecule has 2 aromatic heterocycles. The largest absolute Gasteiger partial charge is 0.503 e. The maximum absolute atomic E-state index is 11.5. The van der Waals surface area contributed by atoms with Crippen LogP contribution in [0.25, 0.3) is 27.7 Å². The third-order valence-electron chi connectivity index (χ3n) is 4.45. The monoisotopic (exact) mass is 331 g/mol. The molecule has 0 amide bonds. The quantitative estimate of drug-likeness (QED) is 0.525. The molecule has 2 heterocycles. The molecule has 25 heavy (non-hydrogen) atoms. The van der Waals surface area contributed by atoms with Crippen LogP contribution in [-0.2, 0) is 0 Å². The van der Waals surface area contributed by atoms with Gasteiger partial charge in [-0.1, -0.05) is 18.2 Å². The smallest absolute Gasteiger partial charge is 0.225 e. The lowest BCUT2D eigenvalue weighted by Gasteiger charge is -2.14. The fourth-order valence-corrected chi connectivity index (χ4v) is 3.13. The lowest BCUT2D eigenvalue weighted by molar-refractivity contribution is 0.466. The summed E-state index contributed by atoms with van der Waals surface area (Å²) in [4.78, 5) is 14.8. The number of aromatic amines is 1. The van der Waals surface area contributed by atoms with Gasteiger partial charge in [0, 0.05) is 28.9 Å². The van der Waals surface area contributed by atoms with Gasteiger partial charge in [-0.15, -0.1) is 0 Å². The second-order valence-corrected chi connectivity index (χ2v) is 6.06. The van der Waals surface area contributed by atoms with Crippen molar-refractivity contribution in [2.45, 2.75) is 6.92 Å². The number of aromatic nitrogens is 2. The number of nitrogens with zero attached hydrogens (tertiary/aromatic N) is 1. The molecule has 0 radical (unpaired) electrons. The van der Waals surface area contributed by atoms with Crippen LogP contribution in [0.2, 0.25) is 0 Å². The molecule has 0 unspecified atom stereocenters. The normalized spacial score (nSPS) is 11.1. The fourth-order valence-electron chi connectivity index (χ4n) is 3.13. The Hall–Kier alpha value is -3.47. The summed E-state index contributed by atoms with van der Waals surface area (Å²) in [6.45, 7) is 2.05. The highest BCUT2D eigenvalue weighted by atomic mass is 16.3. The number of rotatable bonds is 2. The first kappa shape index (κ1) is 15.1. The molecule has 0 saturated carbocycles. The van der Waals surface area contributed by atoms with Gasteiger partial charge in [0.05, 0.1) is 6.20 Å². The van der Waals surface area contributed by atoms with Gasteiger partial charge >= 0.3 is 0 Å². The molecule has 0 bridgehead atoms. The molecule has 4 rings (SSSR count). The van der Waals surface area contributed by atoms with E-state index in [1.54, 1.807) is 4.57 Å². The number of benzene rings is 2. The highest BCUT2D eigenvalue weighted by Crippen LogP contribution is 2.32. The summed E-state index contributed by atoms with van der Waals surface area (Å²) in [7, 11) is 0. The summed E-state index contributed by atoms with van der Waals surface area (Å²) < 4.78 is 1.61. The van der Waals surface area contributed by atoms with Crippen LogP contribution in [0.3, 0.4) is 0 Å². The third-order valence-corrected chi connectivity index (χ3v) is 4.45. The van der Waals surface area contributed by atoms with E-state index in [9.17, 15) is 9.90 Å². The molecule has 5 nitrogen and oxygen atoms in total.